The van der Waals surface area contributed by atoms with Gasteiger partial charge in [-0.25, -0.2) is 0 Å². The molecule has 1 saturated carbocycles. The molecular weight excluding hydrogens is 270 g/mol. The zero-order valence-corrected chi connectivity index (χ0v) is 12.6. The summed E-state index contributed by atoms with van der Waals surface area (Å²) in [4.78, 5) is 25.1. The SMILES string of the molecule is O=C(CN1CCCNCC1)NCC1CCC(C(=O)O)CC1. The third-order valence-corrected chi connectivity index (χ3v) is 4.58. The number of aliphatic carboxylic acids is 1. The lowest BCUT2D eigenvalue weighted by atomic mass is 9.82. The fourth-order valence-corrected chi connectivity index (χ4v) is 3.19. The molecule has 0 unspecified atom stereocenters. The van der Waals surface area contributed by atoms with Gasteiger partial charge in [-0.3, -0.25) is 14.5 Å². The molecule has 1 saturated heterocycles. The number of carbonyl (C=O) groups is 2. The Morgan fingerprint density at radius 3 is 2.62 bits per heavy atom. The van der Waals surface area contributed by atoms with Gasteiger partial charge in [0.05, 0.1) is 12.5 Å². The third kappa shape index (κ3) is 5.63. The molecule has 21 heavy (non-hydrogen) atoms. The van der Waals surface area contributed by atoms with Crippen molar-refractivity contribution in [3.8, 4) is 0 Å². The largest absolute Gasteiger partial charge is 0.481 e. The van der Waals surface area contributed by atoms with Gasteiger partial charge in [0, 0.05) is 19.6 Å². The molecule has 1 aliphatic heterocycles. The Morgan fingerprint density at radius 2 is 1.90 bits per heavy atom. The Bertz CT molecular complexity index is 346. The molecule has 120 valence electrons. The Labute approximate surface area is 126 Å². The van der Waals surface area contributed by atoms with Crippen LogP contribution in [0.25, 0.3) is 0 Å². The van der Waals surface area contributed by atoms with Crippen molar-refractivity contribution in [2.75, 3.05) is 39.3 Å². The number of amides is 1. The van der Waals surface area contributed by atoms with Crippen molar-refractivity contribution >= 4 is 11.9 Å². The van der Waals surface area contributed by atoms with E-state index in [1.54, 1.807) is 0 Å². The average Bonchev–Trinajstić information content (AvgIpc) is 2.74. The number of carbonyl (C=O) groups excluding carboxylic acids is 1. The lowest BCUT2D eigenvalue weighted by Crippen LogP contribution is -2.41. The molecule has 3 N–H and O–H groups in total. The van der Waals surface area contributed by atoms with Gasteiger partial charge in [0.15, 0.2) is 0 Å². The highest BCUT2D eigenvalue weighted by Crippen LogP contribution is 2.28. The van der Waals surface area contributed by atoms with Gasteiger partial charge in [0.2, 0.25) is 5.91 Å². The highest BCUT2D eigenvalue weighted by atomic mass is 16.4. The number of rotatable bonds is 5. The molecule has 0 aromatic heterocycles. The summed E-state index contributed by atoms with van der Waals surface area (Å²) in [5.41, 5.74) is 0. The summed E-state index contributed by atoms with van der Waals surface area (Å²) in [5, 5.41) is 15.3. The topological polar surface area (TPSA) is 81.7 Å². The van der Waals surface area contributed by atoms with Crippen LogP contribution in [-0.2, 0) is 9.59 Å². The van der Waals surface area contributed by atoms with Crippen molar-refractivity contribution in [2.45, 2.75) is 32.1 Å². The van der Waals surface area contributed by atoms with E-state index >= 15 is 0 Å². The van der Waals surface area contributed by atoms with E-state index < -0.39 is 5.97 Å². The lowest BCUT2D eigenvalue weighted by Gasteiger charge is -2.26. The maximum Gasteiger partial charge on any atom is 0.306 e. The minimum Gasteiger partial charge on any atom is -0.481 e. The molecule has 2 rings (SSSR count). The standard InChI is InChI=1S/C15H27N3O3/c19-14(11-18-8-1-6-16-7-9-18)17-10-12-2-4-13(5-3-12)15(20)21/h12-13,16H,1-11H2,(H,17,19)(H,20,21). The summed E-state index contributed by atoms with van der Waals surface area (Å²) in [6.07, 6.45) is 4.39. The molecule has 2 fully saturated rings. The fraction of sp³-hybridized carbons (Fsp3) is 0.867. The second kappa shape index (κ2) is 8.34. The monoisotopic (exact) mass is 297 g/mol. The fourth-order valence-electron chi connectivity index (χ4n) is 3.19. The van der Waals surface area contributed by atoms with E-state index in [1.165, 1.54) is 0 Å². The first-order valence-electron chi connectivity index (χ1n) is 8.07. The molecule has 1 aliphatic carbocycles. The minimum atomic E-state index is -0.674. The number of hydrogen-bond acceptors (Lipinski definition) is 4. The predicted octanol–water partition coefficient (Wildman–Crippen LogP) is 0.289. The molecule has 1 heterocycles. The summed E-state index contributed by atoms with van der Waals surface area (Å²) in [5.74, 6) is -0.318. The zero-order valence-electron chi connectivity index (χ0n) is 12.6. The van der Waals surface area contributed by atoms with Crippen LogP contribution < -0.4 is 10.6 Å². The van der Waals surface area contributed by atoms with E-state index in [4.69, 9.17) is 5.11 Å². The summed E-state index contributed by atoms with van der Waals surface area (Å²) in [6.45, 7) is 5.06. The second-order valence-electron chi connectivity index (χ2n) is 6.24. The number of hydrogen-bond donors (Lipinski definition) is 3. The Balaban J connectivity index is 1.61. The first-order valence-corrected chi connectivity index (χ1v) is 8.07. The molecule has 0 spiro atoms. The molecule has 0 radical (unpaired) electrons. The summed E-state index contributed by atoms with van der Waals surface area (Å²) < 4.78 is 0. The van der Waals surface area contributed by atoms with E-state index in [-0.39, 0.29) is 11.8 Å². The zero-order chi connectivity index (χ0) is 15.1. The van der Waals surface area contributed by atoms with Crippen LogP contribution in [0.1, 0.15) is 32.1 Å². The van der Waals surface area contributed by atoms with Gasteiger partial charge in [0.1, 0.15) is 0 Å². The number of nitrogens with zero attached hydrogens (tertiary/aromatic N) is 1. The molecule has 2 aliphatic rings. The van der Waals surface area contributed by atoms with E-state index in [2.05, 4.69) is 15.5 Å². The van der Waals surface area contributed by atoms with Crippen LogP contribution in [0, 0.1) is 11.8 Å². The van der Waals surface area contributed by atoms with Crippen molar-refractivity contribution in [2.24, 2.45) is 11.8 Å². The van der Waals surface area contributed by atoms with Gasteiger partial charge in [-0.1, -0.05) is 0 Å². The number of nitrogens with one attached hydrogen (secondary N) is 2. The molecule has 0 atom stereocenters. The van der Waals surface area contributed by atoms with Crippen molar-refractivity contribution in [3.05, 3.63) is 0 Å². The maximum absolute atomic E-state index is 12.0. The summed E-state index contributed by atoms with van der Waals surface area (Å²) >= 11 is 0. The normalized spacial score (nSPS) is 27.8. The summed E-state index contributed by atoms with van der Waals surface area (Å²) in [6, 6.07) is 0. The average molecular weight is 297 g/mol. The molecular formula is C15H27N3O3. The third-order valence-electron chi connectivity index (χ3n) is 4.58. The van der Waals surface area contributed by atoms with Crippen LogP contribution in [0.15, 0.2) is 0 Å². The molecule has 6 heteroatoms. The quantitative estimate of drug-likeness (QED) is 0.679. The van der Waals surface area contributed by atoms with Crippen molar-refractivity contribution in [3.63, 3.8) is 0 Å². The van der Waals surface area contributed by atoms with E-state index in [0.29, 0.717) is 19.0 Å². The molecule has 0 aromatic carbocycles. The van der Waals surface area contributed by atoms with Crippen LogP contribution in [0.5, 0.6) is 0 Å². The molecule has 0 bridgehead atoms. The van der Waals surface area contributed by atoms with Crippen molar-refractivity contribution < 1.29 is 14.7 Å². The van der Waals surface area contributed by atoms with Crippen LogP contribution in [0.2, 0.25) is 0 Å². The van der Waals surface area contributed by atoms with Crippen molar-refractivity contribution in [1.82, 2.24) is 15.5 Å². The highest BCUT2D eigenvalue weighted by Gasteiger charge is 2.26. The van der Waals surface area contributed by atoms with E-state index in [0.717, 1.165) is 58.3 Å². The van der Waals surface area contributed by atoms with E-state index in [9.17, 15) is 9.59 Å². The minimum absolute atomic E-state index is 0.0947. The summed E-state index contributed by atoms with van der Waals surface area (Å²) in [7, 11) is 0. The van der Waals surface area contributed by atoms with Gasteiger partial charge in [0.25, 0.3) is 0 Å². The van der Waals surface area contributed by atoms with Crippen molar-refractivity contribution in [1.29, 1.82) is 0 Å². The number of carboxylic acid groups (broad SMARTS) is 1. The Kier molecular flexibility index (Phi) is 6.45. The Morgan fingerprint density at radius 1 is 1.14 bits per heavy atom. The van der Waals surface area contributed by atoms with Crippen LogP contribution >= 0.6 is 0 Å². The van der Waals surface area contributed by atoms with Gasteiger partial charge in [-0.05, 0) is 51.1 Å². The first-order chi connectivity index (χ1) is 10.1. The number of carboxylic acids is 1. The van der Waals surface area contributed by atoms with E-state index in [1.807, 2.05) is 0 Å². The lowest BCUT2D eigenvalue weighted by molar-refractivity contribution is -0.143. The molecule has 0 aromatic rings. The predicted molar refractivity (Wildman–Crippen MR) is 80.0 cm³/mol. The van der Waals surface area contributed by atoms with Crippen LogP contribution in [0.3, 0.4) is 0 Å². The van der Waals surface area contributed by atoms with Gasteiger partial charge in [-0.15, -0.1) is 0 Å². The van der Waals surface area contributed by atoms with Crippen LogP contribution in [0.4, 0.5) is 0 Å². The highest BCUT2D eigenvalue weighted by molar-refractivity contribution is 5.78. The Hall–Kier alpha value is -1.14. The smallest absolute Gasteiger partial charge is 0.306 e. The second-order valence-corrected chi connectivity index (χ2v) is 6.24. The first kappa shape index (κ1) is 16.2. The van der Waals surface area contributed by atoms with Gasteiger partial charge >= 0.3 is 5.97 Å². The van der Waals surface area contributed by atoms with Gasteiger partial charge < -0.3 is 15.7 Å². The molecule has 1 amide bonds. The van der Waals surface area contributed by atoms with Gasteiger partial charge in [-0.2, -0.15) is 0 Å². The maximum atomic E-state index is 12.0. The molecule has 6 nitrogen and oxygen atoms in total. The van der Waals surface area contributed by atoms with Crippen LogP contribution in [-0.4, -0.2) is 61.2 Å².